The van der Waals surface area contributed by atoms with Crippen molar-refractivity contribution in [3.8, 4) is 0 Å². The highest BCUT2D eigenvalue weighted by atomic mass is 16.1. The van der Waals surface area contributed by atoms with Gasteiger partial charge in [0.05, 0.1) is 5.41 Å². The Kier molecular flexibility index (Phi) is 0.718. The summed E-state index contributed by atoms with van der Waals surface area (Å²) in [4.78, 5) is 15.0. The van der Waals surface area contributed by atoms with Gasteiger partial charge in [0, 0.05) is 25.1 Å². The van der Waals surface area contributed by atoms with Crippen LogP contribution in [0.2, 0.25) is 0 Å². The van der Waals surface area contributed by atoms with E-state index in [4.69, 9.17) is 0 Å². The van der Waals surface area contributed by atoms with Gasteiger partial charge < -0.3 is 0 Å². The quantitative estimate of drug-likeness (QED) is 0.465. The van der Waals surface area contributed by atoms with Crippen LogP contribution < -0.4 is 0 Å². The fraction of sp³-hybridized carbons (Fsp3) is 0.714. The Balaban J connectivity index is 2.34. The van der Waals surface area contributed by atoms with Crippen molar-refractivity contribution in [2.75, 3.05) is 6.54 Å². The molecule has 0 unspecified atom stereocenters. The van der Waals surface area contributed by atoms with Crippen molar-refractivity contribution >= 4 is 12.0 Å². The Morgan fingerprint density at radius 1 is 1.89 bits per heavy atom. The molecule has 1 aliphatic heterocycles. The van der Waals surface area contributed by atoms with E-state index in [9.17, 15) is 4.79 Å². The van der Waals surface area contributed by atoms with Gasteiger partial charge in [0.25, 0.3) is 0 Å². The third-order valence-electron chi connectivity index (χ3n) is 2.57. The molecule has 0 N–H and O–H groups in total. The number of nitrogens with zero attached hydrogens (tertiary/aromatic N) is 1. The van der Waals surface area contributed by atoms with Crippen molar-refractivity contribution < 1.29 is 4.79 Å². The highest BCUT2D eigenvalue weighted by Gasteiger charge is 2.51. The van der Waals surface area contributed by atoms with Crippen molar-refractivity contribution in [1.29, 1.82) is 0 Å². The van der Waals surface area contributed by atoms with Gasteiger partial charge in [-0.3, -0.25) is 9.79 Å². The first-order chi connectivity index (χ1) is 4.23. The van der Waals surface area contributed by atoms with Gasteiger partial charge in [-0.15, -0.1) is 0 Å². The van der Waals surface area contributed by atoms with Gasteiger partial charge >= 0.3 is 0 Å². The van der Waals surface area contributed by atoms with E-state index in [1.807, 2.05) is 13.1 Å². The van der Waals surface area contributed by atoms with E-state index in [-0.39, 0.29) is 5.41 Å². The van der Waals surface area contributed by atoms with Crippen LogP contribution in [0.25, 0.3) is 0 Å². The number of hydrogen-bond acceptors (Lipinski definition) is 2. The molecule has 0 amide bonds. The number of fused-ring (bicyclic) bond motifs is 1. The third kappa shape index (κ3) is 0.419. The Hall–Kier alpha value is -0.660. The van der Waals surface area contributed by atoms with E-state index in [2.05, 4.69) is 4.99 Å². The number of aliphatic imine (C=N–C) groups is 1. The molecule has 1 heterocycles. The lowest BCUT2D eigenvalue weighted by molar-refractivity contribution is -0.136. The highest BCUT2D eigenvalue weighted by Crippen LogP contribution is 2.44. The fourth-order valence-corrected chi connectivity index (χ4v) is 1.55. The molecular formula is C7H9NO. The second-order valence-corrected chi connectivity index (χ2v) is 3.10. The minimum Gasteiger partial charge on any atom is -0.299 e. The van der Waals surface area contributed by atoms with Gasteiger partial charge in [0.15, 0.2) is 0 Å². The van der Waals surface area contributed by atoms with Gasteiger partial charge in [-0.05, 0) is 6.92 Å². The predicted molar refractivity (Wildman–Crippen MR) is 34.6 cm³/mol. The molecule has 2 heteroatoms. The van der Waals surface area contributed by atoms with Crippen LogP contribution in [0, 0.1) is 11.3 Å². The molecule has 0 aromatic heterocycles. The molecule has 1 fully saturated rings. The zero-order chi connectivity index (χ0) is 6.48. The summed E-state index contributed by atoms with van der Waals surface area (Å²) >= 11 is 0. The fourth-order valence-electron chi connectivity index (χ4n) is 1.55. The van der Waals surface area contributed by atoms with Crippen LogP contribution in [0.3, 0.4) is 0 Å². The largest absolute Gasteiger partial charge is 0.299 e. The monoisotopic (exact) mass is 123 g/mol. The zero-order valence-corrected chi connectivity index (χ0v) is 5.42. The van der Waals surface area contributed by atoms with E-state index in [1.54, 1.807) is 0 Å². The van der Waals surface area contributed by atoms with Gasteiger partial charge in [-0.2, -0.15) is 0 Å². The second kappa shape index (κ2) is 1.25. The van der Waals surface area contributed by atoms with Crippen LogP contribution in [0.15, 0.2) is 4.99 Å². The number of hydrogen-bond donors (Lipinski definition) is 0. The molecule has 1 saturated carbocycles. The molecule has 2 atom stereocenters. The Morgan fingerprint density at radius 3 is 3.11 bits per heavy atom. The molecular weight excluding hydrogens is 114 g/mol. The average molecular weight is 123 g/mol. The average Bonchev–Trinajstić information content (AvgIpc) is 2.11. The van der Waals surface area contributed by atoms with E-state index in [0.717, 1.165) is 13.0 Å². The Morgan fingerprint density at radius 2 is 2.67 bits per heavy atom. The van der Waals surface area contributed by atoms with E-state index in [0.29, 0.717) is 11.7 Å². The molecule has 0 aromatic carbocycles. The number of carbonyl (C=O) groups is 1. The lowest BCUT2D eigenvalue weighted by Crippen LogP contribution is -2.46. The maximum absolute atomic E-state index is 10.9. The standard InChI is InChI=1S/C7H9NO/c1-7-4-8-3-5(7)2-6(7)9/h4-5H,2-3H2,1H3/t5-,7+/m0/s1. The minimum absolute atomic E-state index is 0.139. The van der Waals surface area contributed by atoms with Gasteiger partial charge in [0.1, 0.15) is 5.78 Å². The molecule has 1 aliphatic carbocycles. The first kappa shape index (κ1) is 5.15. The Bertz CT molecular complexity index is 197. The smallest absolute Gasteiger partial charge is 0.144 e. The summed E-state index contributed by atoms with van der Waals surface area (Å²) in [7, 11) is 0. The molecule has 0 radical (unpaired) electrons. The van der Waals surface area contributed by atoms with Crippen LogP contribution in [0.5, 0.6) is 0 Å². The molecule has 0 bridgehead atoms. The van der Waals surface area contributed by atoms with Crippen molar-refractivity contribution in [2.24, 2.45) is 16.3 Å². The normalized spacial score (nSPS) is 46.8. The number of ketones is 1. The summed E-state index contributed by atoms with van der Waals surface area (Å²) in [6.07, 6.45) is 2.58. The van der Waals surface area contributed by atoms with Crippen LogP contribution in [0.1, 0.15) is 13.3 Å². The molecule has 0 aromatic rings. The maximum atomic E-state index is 10.9. The summed E-state index contributed by atoms with van der Waals surface area (Å²) in [5, 5.41) is 0. The number of Topliss-reactive ketones (excluding diaryl/α,β-unsaturated/α-hetero) is 1. The van der Waals surface area contributed by atoms with E-state index < -0.39 is 0 Å². The minimum atomic E-state index is -0.139. The summed E-state index contributed by atoms with van der Waals surface area (Å²) < 4.78 is 0. The van der Waals surface area contributed by atoms with Crippen molar-refractivity contribution in [2.45, 2.75) is 13.3 Å². The summed E-state index contributed by atoms with van der Waals surface area (Å²) in [6, 6.07) is 0. The first-order valence-corrected chi connectivity index (χ1v) is 3.28. The summed E-state index contributed by atoms with van der Waals surface area (Å²) in [6.45, 7) is 2.86. The molecule has 2 aliphatic rings. The summed E-state index contributed by atoms with van der Waals surface area (Å²) in [5.74, 6) is 0.916. The molecule has 2 rings (SSSR count). The lowest BCUT2D eigenvalue weighted by atomic mass is 9.62. The van der Waals surface area contributed by atoms with E-state index in [1.165, 1.54) is 0 Å². The maximum Gasteiger partial charge on any atom is 0.144 e. The topological polar surface area (TPSA) is 29.4 Å². The van der Waals surface area contributed by atoms with Gasteiger partial charge in [0.2, 0.25) is 0 Å². The van der Waals surface area contributed by atoms with Crippen LogP contribution in [-0.2, 0) is 4.79 Å². The first-order valence-electron chi connectivity index (χ1n) is 3.28. The molecule has 0 saturated heterocycles. The van der Waals surface area contributed by atoms with E-state index >= 15 is 0 Å². The SMILES string of the molecule is C[C@@]12C=NC[C@@H]1CC2=O. The van der Waals surface area contributed by atoms with Crippen LogP contribution in [-0.4, -0.2) is 18.5 Å². The Labute approximate surface area is 54.0 Å². The number of rotatable bonds is 0. The van der Waals surface area contributed by atoms with Crippen LogP contribution >= 0.6 is 0 Å². The number of carbonyl (C=O) groups excluding carboxylic acids is 1. The molecule has 2 nitrogen and oxygen atoms in total. The third-order valence-corrected chi connectivity index (χ3v) is 2.57. The van der Waals surface area contributed by atoms with Gasteiger partial charge in [-0.25, -0.2) is 0 Å². The predicted octanol–water partition coefficient (Wildman–Crippen LogP) is 0.666. The lowest BCUT2D eigenvalue weighted by Gasteiger charge is -2.37. The van der Waals surface area contributed by atoms with Crippen molar-refractivity contribution in [3.05, 3.63) is 0 Å². The molecule has 0 spiro atoms. The van der Waals surface area contributed by atoms with Gasteiger partial charge in [-0.1, -0.05) is 0 Å². The molecule has 48 valence electrons. The zero-order valence-electron chi connectivity index (χ0n) is 5.42. The second-order valence-electron chi connectivity index (χ2n) is 3.10. The molecule has 9 heavy (non-hydrogen) atoms. The van der Waals surface area contributed by atoms with Crippen LogP contribution in [0.4, 0.5) is 0 Å². The highest BCUT2D eigenvalue weighted by molar-refractivity contribution is 6.06. The summed E-state index contributed by atoms with van der Waals surface area (Å²) in [5.41, 5.74) is -0.139. The van der Waals surface area contributed by atoms with Crippen molar-refractivity contribution in [3.63, 3.8) is 0 Å². The van der Waals surface area contributed by atoms with Crippen molar-refractivity contribution in [1.82, 2.24) is 0 Å².